The number of nitrogens with two attached hydrogens (primary N) is 1. The number of hydrogen-bond acceptors (Lipinski definition) is 3. The Balaban J connectivity index is 1.91. The van der Waals surface area contributed by atoms with Crippen molar-refractivity contribution in [3.63, 3.8) is 0 Å². The number of hydrogen-bond donors (Lipinski definition) is 2. The Kier molecular flexibility index (Phi) is 4.34. The molecule has 3 N–H and O–H groups in total. The predicted molar refractivity (Wildman–Crippen MR) is 86.1 cm³/mol. The zero-order chi connectivity index (χ0) is 16.2. The summed E-state index contributed by atoms with van der Waals surface area (Å²) in [5.41, 5.74) is 8.06. The lowest BCUT2D eigenvalue weighted by Crippen LogP contribution is -2.35. The van der Waals surface area contributed by atoms with Crippen molar-refractivity contribution in [2.45, 2.75) is 12.6 Å². The quantitative estimate of drug-likeness (QED) is 0.757. The van der Waals surface area contributed by atoms with Crippen molar-refractivity contribution in [2.24, 2.45) is 5.73 Å². The van der Waals surface area contributed by atoms with Crippen LogP contribution in [0.2, 0.25) is 0 Å². The molecule has 0 bridgehead atoms. The Labute approximate surface area is 132 Å². The molecule has 5 nitrogen and oxygen atoms in total. The van der Waals surface area contributed by atoms with Crippen LogP contribution in [0.15, 0.2) is 54.9 Å². The summed E-state index contributed by atoms with van der Waals surface area (Å²) in [7, 11) is 0. The summed E-state index contributed by atoms with van der Waals surface area (Å²) in [6, 6.07) is 13.5. The minimum atomic E-state index is -0.316. The number of para-hydroxylation sites is 2. The van der Waals surface area contributed by atoms with Crippen molar-refractivity contribution in [2.75, 3.05) is 6.54 Å². The number of amides is 1. The minimum absolute atomic E-state index is 0.0949. The van der Waals surface area contributed by atoms with E-state index in [1.54, 1.807) is 18.5 Å². The molecule has 3 aromatic rings. The zero-order valence-corrected chi connectivity index (χ0v) is 12.4. The van der Waals surface area contributed by atoms with Crippen LogP contribution in [-0.4, -0.2) is 22.0 Å². The van der Waals surface area contributed by atoms with E-state index in [4.69, 9.17) is 5.73 Å². The highest BCUT2D eigenvalue weighted by atomic mass is 19.1. The van der Waals surface area contributed by atoms with E-state index < -0.39 is 0 Å². The molecule has 0 saturated heterocycles. The second-order valence-electron chi connectivity index (χ2n) is 5.26. The molecule has 118 valence electrons. The number of nitrogens with one attached hydrogen (secondary N) is 1. The Bertz CT molecular complexity index is 813. The van der Waals surface area contributed by atoms with Crippen molar-refractivity contribution >= 4 is 16.9 Å². The van der Waals surface area contributed by atoms with Crippen LogP contribution in [0.25, 0.3) is 11.0 Å². The van der Waals surface area contributed by atoms with Crippen LogP contribution < -0.4 is 11.1 Å². The first-order chi connectivity index (χ1) is 11.2. The van der Waals surface area contributed by atoms with Gasteiger partial charge in [-0.2, -0.15) is 0 Å². The van der Waals surface area contributed by atoms with Crippen LogP contribution in [0.4, 0.5) is 4.39 Å². The normalized spacial score (nSPS) is 12.3. The van der Waals surface area contributed by atoms with E-state index in [-0.39, 0.29) is 24.3 Å². The Hall–Kier alpha value is -2.73. The van der Waals surface area contributed by atoms with Gasteiger partial charge in [0.2, 0.25) is 5.91 Å². The van der Waals surface area contributed by atoms with Crippen LogP contribution in [-0.2, 0) is 11.3 Å². The van der Waals surface area contributed by atoms with Crippen molar-refractivity contribution in [3.05, 3.63) is 66.2 Å². The number of nitrogens with zero attached hydrogens (tertiary/aromatic N) is 2. The van der Waals surface area contributed by atoms with Gasteiger partial charge >= 0.3 is 0 Å². The fraction of sp³-hybridized carbons (Fsp3) is 0.176. The molecule has 0 aliphatic carbocycles. The van der Waals surface area contributed by atoms with Crippen LogP contribution in [0.5, 0.6) is 0 Å². The van der Waals surface area contributed by atoms with Gasteiger partial charge in [-0.15, -0.1) is 0 Å². The molecular weight excluding hydrogens is 295 g/mol. The molecule has 1 amide bonds. The van der Waals surface area contributed by atoms with E-state index in [0.29, 0.717) is 6.54 Å². The number of halogens is 1. The standard InChI is InChI=1S/C17H17FN4O/c18-13-7-5-12(6-8-13)15(21-17(23)9-19)10-22-11-20-14-3-1-2-4-16(14)22/h1-8,11,15H,9-10,19H2,(H,21,23)/t15-/m1/s1. The summed E-state index contributed by atoms with van der Waals surface area (Å²) >= 11 is 0. The summed E-state index contributed by atoms with van der Waals surface area (Å²) in [5.74, 6) is -0.575. The lowest BCUT2D eigenvalue weighted by Gasteiger charge is -2.20. The first kappa shape index (κ1) is 15.2. The first-order valence-corrected chi connectivity index (χ1v) is 7.32. The van der Waals surface area contributed by atoms with Crippen molar-refractivity contribution in [1.29, 1.82) is 0 Å². The van der Waals surface area contributed by atoms with E-state index >= 15 is 0 Å². The van der Waals surface area contributed by atoms with Gasteiger partial charge in [-0.25, -0.2) is 9.37 Å². The maximum absolute atomic E-state index is 13.1. The molecule has 1 heterocycles. The second kappa shape index (κ2) is 6.58. The number of fused-ring (bicyclic) bond motifs is 1. The molecule has 0 aliphatic rings. The Morgan fingerprint density at radius 2 is 1.96 bits per heavy atom. The number of benzene rings is 2. The lowest BCUT2D eigenvalue weighted by molar-refractivity contribution is -0.120. The molecule has 0 unspecified atom stereocenters. The molecule has 0 saturated carbocycles. The van der Waals surface area contributed by atoms with Gasteiger partial charge in [0.25, 0.3) is 0 Å². The first-order valence-electron chi connectivity index (χ1n) is 7.32. The summed E-state index contributed by atoms with van der Waals surface area (Å²) in [4.78, 5) is 16.1. The molecule has 2 aromatic carbocycles. The number of rotatable bonds is 5. The fourth-order valence-corrected chi connectivity index (χ4v) is 2.54. The summed E-state index contributed by atoms with van der Waals surface area (Å²) < 4.78 is 15.1. The SMILES string of the molecule is NCC(=O)N[C@H](Cn1cnc2ccccc21)c1ccc(F)cc1. The average molecular weight is 312 g/mol. The van der Waals surface area contributed by atoms with Gasteiger partial charge in [0.15, 0.2) is 0 Å². The number of imidazole rings is 1. The maximum Gasteiger partial charge on any atom is 0.234 e. The highest BCUT2D eigenvalue weighted by Crippen LogP contribution is 2.19. The van der Waals surface area contributed by atoms with Crippen LogP contribution in [0.3, 0.4) is 0 Å². The molecule has 0 radical (unpaired) electrons. The fourth-order valence-electron chi connectivity index (χ4n) is 2.54. The predicted octanol–water partition coefficient (Wildman–Crippen LogP) is 1.99. The molecule has 0 fully saturated rings. The number of aromatic nitrogens is 2. The molecule has 0 aliphatic heterocycles. The number of carbonyl (C=O) groups is 1. The van der Waals surface area contributed by atoms with Gasteiger partial charge in [-0.1, -0.05) is 24.3 Å². The summed E-state index contributed by atoms with van der Waals surface area (Å²) in [5, 5.41) is 2.87. The largest absolute Gasteiger partial charge is 0.346 e. The highest BCUT2D eigenvalue weighted by Gasteiger charge is 2.16. The highest BCUT2D eigenvalue weighted by molar-refractivity contribution is 5.78. The van der Waals surface area contributed by atoms with Crippen molar-refractivity contribution < 1.29 is 9.18 Å². The van der Waals surface area contributed by atoms with E-state index in [1.165, 1.54) is 12.1 Å². The summed E-state index contributed by atoms with van der Waals surface area (Å²) in [6.07, 6.45) is 1.73. The molecular formula is C17H17FN4O. The van der Waals surface area contributed by atoms with Crippen LogP contribution in [0, 0.1) is 5.82 Å². The Morgan fingerprint density at radius 3 is 2.70 bits per heavy atom. The maximum atomic E-state index is 13.1. The third-order valence-electron chi connectivity index (χ3n) is 3.70. The summed E-state index contributed by atoms with van der Waals surface area (Å²) in [6.45, 7) is 0.389. The molecule has 1 aromatic heterocycles. The van der Waals surface area contributed by atoms with E-state index in [9.17, 15) is 9.18 Å². The van der Waals surface area contributed by atoms with Gasteiger partial charge in [0.05, 0.1) is 29.9 Å². The zero-order valence-electron chi connectivity index (χ0n) is 12.4. The molecule has 0 spiro atoms. The lowest BCUT2D eigenvalue weighted by atomic mass is 10.1. The topological polar surface area (TPSA) is 72.9 Å². The Morgan fingerprint density at radius 1 is 1.22 bits per heavy atom. The average Bonchev–Trinajstić information content (AvgIpc) is 2.98. The van der Waals surface area contributed by atoms with Gasteiger partial charge in [-0.3, -0.25) is 4.79 Å². The van der Waals surface area contributed by atoms with Crippen LogP contribution in [0.1, 0.15) is 11.6 Å². The van der Waals surface area contributed by atoms with E-state index in [0.717, 1.165) is 16.6 Å². The monoisotopic (exact) mass is 312 g/mol. The second-order valence-corrected chi connectivity index (χ2v) is 5.26. The third kappa shape index (κ3) is 3.37. The number of carbonyl (C=O) groups excluding carboxylic acids is 1. The molecule has 6 heteroatoms. The van der Waals surface area contributed by atoms with Crippen molar-refractivity contribution in [3.8, 4) is 0 Å². The smallest absolute Gasteiger partial charge is 0.234 e. The minimum Gasteiger partial charge on any atom is -0.346 e. The molecule has 3 rings (SSSR count). The van der Waals surface area contributed by atoms with Gasteiger partial charge in [0, 0.05) is 6.54 Å². The van der Waals surface area contributed by atoms with Gasteiger partial charge in [0.1, 0.15) is 5.82 Å². The third-order valence-corrected chi connectivity index (χ3v) is 3.70. The molecule has 1 atom stereocenters. The van der Waals surface area contributed by atoms with E-state index in [1.807, 2.05) is 28.8 Å². The molecule has 23 heavy (non-hydrogen) atoms. The van der Waals surface area contributed by atoms with Crippen molar-refractivity contribution in [1.82, 2.24) is 14.9 Å². The van der Waals surface area contributed by atoms with Crippen LogP contribution >= 0.6 is 0 Å². The van der Waals surface area contributed by atoms with Gasteiger partial charge < -0.3 is 15.6 Å². The van der Waals surface area contributed by atoms with E-state index in [2.05, 4.69) is 10.3 Å². The van der Waals surface area contributed by atoms with Gasteiger partial charge in [-0.05, 0) is 29.8 Å².